The molecule has 0 aromatic carbocycles. The van der Waals surface area contributed by atoms with Gasteiger partial charge in [-0.15, -0.1) is 0 Å². The molecule has 3 aliphatic heterocycles. The van der Waals surface area contributed by atoms with E-state index in [4.69, 9.17) is 5.73 Å². The van der Waals surface area contributed by atoms with Crippen LogP contribution in [0.1, 0.15) is 19.3 Å². The molecule has 3 rings (SSSR count). The molecule has 3 N–H and O–H groups in total. The fourth-order valence-electron chi connectivity index (χ4n) is 3.10. The van der Waals surface area contributed by atoms with Crippen molar-refractivity contribution in [2.24, 2.45) is 5.73 Å². The third-order valence-corrected chi connectivity index (χ3v) is 5.41. The number of hydrogen-bond acceptors (Lipinski definition) is 4. The molecule has 0 saturated carbocycles. The summed E-state index contributed by atoms with van der Waals surface area (Å²) in [7, 11) is 0. The molecule has 5 nitrogen and oxygen atoms in total. The van der Waals surface area contributed by atoms with Gasteiger partial charge in [-0.3, -0.25) is 9.59 Å². The lowest BCUT2D eigenvalue weighted by atomic mass is 10.1. The minimum Gasteiger partial charge on any atom is -0.368 e. The Morgan fingerprint density at radius 3 is 3.06 bits per heavy atom. The summed E-state index contributed by atoms with van der Waals surface area (Å²) < 4.78 is 0. The summed E-state index contributed by atoms with van der Waals surface area (Å²) in [4.78, 5) is 25.6. The topological polar surface area (TPSA) is 75.4 Å². The first-order chi connectivity index (χ1) is 8.16. The van der Waals surface area contributed by atoms with Gasteiger partial charge in [-0.1, -0.05) is 0 Å². The van der Waals surface area contributed by atoms with Crippen molar-refractivity contribution in [2.75, 3.05) is 12.3 Å². The Bertz CT molecular complexity index is 363. The molecule has 17 heavy (non-hydrogen) atoms. The van der Waals surface area contributed by atoms with E-state index in [9.17, 15) is 9.59 Å². The molecule has 3 saturated heterocycles. The lowest BCUT2D eigenvalue weighted by Gasteiger charge is -2.32. The van der Waals surface area contributed by atoms with Gasteiger partial charge in [0, 0.05) is 23.6 Å². The van der Waals surface area contributed by atoms with Crippen LogP contribution in [0.2, 0.25) is 0 Å². The molecule has 0 radical (unpaired) electrons. The maximum Gasteiger partial charge on any atom is 0.240 e. The molecule has 2 amide bonds. The number of nitrogens with one attached hydrogen (secondary N) is 1. The first-order valence-electron chi connectivity index (χ1n) is 6.13. The Hall–Kier alpha value is -0.750. The van der Waals surface area contributed by atoms with Crippen LogP contribution in [0.25, 0.3) is 0 Å². The van der Waals surface area contributed by atoms with Gasteiger partial charge in [-0.25, -0.2) is 0 Å². The quantitative estimate of drug-likeness (QED) is 0.650. The molecule has 94 valence electrons. The van der Waals surface area contributed by atoms with E-state index in [1.54, 1.807) is 4.90 Å². The van der Waals surface area contributed by atoms with Gasteiger partial charge in [0.1, 0.15) is 6.04 Å². The fraction of sp³-hybridized carbons (Fsp3) is 0.818. The number of rotatable bonds is 1. The third kappa shape index (κ3) is 1.83. The van der Waals surface area contributed by atoms with Crippen molar-refractivity contribution in [3.05, 3.63) is 0 Å². The number of hydrogen-bond donors (Lipinski definition) is 2. The van der Waals surface area contributed by atoms with Gasteiger partial charge in [0.25, 0.3) is 0 Å². The van der Waals surface area contributed by atoms with E-state index in [2.05, 4.69) is 5.32 Å². The predicted octanol–water partition coefficient (Wildman–Crippen LogP) is -0.691. The molecule has 3 heterocycles. The number of fused-ring (bicyclic) bond motifs is 3. The van der Waals surface area contributed by atoms with Crippen LogP contribution in [0.4, 0.5) is 0 Å². The summed E-state index contributed by atoms with van der Waals surface area (Å²) in [5, 5.41) is 3.81. The van der Waals surface area contributed by atoms with Gasteiger partial charge in [-0.2, -0.15) is 11.8 Å². The highest BCUT2D eigenvalue weighted by molar-refractivity contribution is 8.00. The second kappa shape index (κ2) is 4.17. The summed E-state index contributed by atoms with van der Waals surface area (Å²) in [5.41, 5.74) is 5.39. The number of amides is 2. The monoisotopic (exact) mass is 255 g/mol. The van der Waals surface area contributed by atoms with Crippen molar-refractivity contribution in [3.63, 3.8) is 0 Å². The van der Waals surface area contributed by atoms with E-state index in [-0.39, 0.29) is 29.9 Å². The first-order valence-corrected chi connectivity index (χ1v) is 7.18. The highest BCUT2D eigenvalue weighted by Gasteiger charge is 2.45. The zero-order valence-corrected chi connectivity index (χ0v) is 10.4. The number of carbonyl (C=O) groups is 2. The zero-order valence-electron chi connectivity index (χ0n) is 9.59. The maximum absolute atomic E-state index is 12.4. The lowest BCUT2D eigenvalue weighted by molar-refractivity contribution is -0.140. The third-order valence-electron chi connectivity index (χ3n) is 4.00. The van der Waals surface area contributed by atoms with Crippen LogP contribution in [-0.4, -0.2) is 52.4 Å². The molecule has 0 aromatic rings. The lowest BCUT2D eigenvalue weighted by Crippen LogP contribution is -2.53. The number of carbonyl (C=O) groups excluding carboxylic acids is 2. The van der Waals surface area contributed by atoms with Crippen LogP contribution < -0.4 is 11.1 Å². The molecule has 6 heteroatoms. The Morgan fingerprint density at radius 1 is 1.47 bits per heavy atom. The number of thioether (sulfide) groups is 1. The predicted molar refractivity (Wildman–Crippen MR) is 65.5 cm³/mol. The van der Waals surface area contributed by atoms with Crippen LogP contribution in [-0.2, 0) is 9.59 Å². The van der Waals surface area contributed by atoms with Crippen molar-refractivity contribution < 1.29 is 9.59 Å². The highest BCUT2D eigenvalue weighted by Crippen LogP contribution is 2.34. The van der Waals surface area contributed by atoms with E-state index in [1.165, 1.54) is 0 Å². The second-order valence-corrected chi connectivity index (χ2v) is 6.38. The van der Waals surface area contributed by atoms with Crippen molar-refractivity contribution in [1.82, 2.24) is 10.2 Å². The zero-order chi connectivity index (χ0) is 12.0. The number of primary amides is 1. The molecular formula is C11H17N3O2S. The van der Waals surface area contributed by atoms with E-state index < -0.39 is 0 Å². The van der Waals surface area contributed by atoms with Crippen LogP contribution in [0.5, 0.6) is 0 Å². The molecule has 0 spiro atoms. The minimum atomic E-state index is -0.382. The van der Waals surface area contributed by atoms with Crippen molar-refractivity contribution in [2.45, 2.75) is 42.6 Å². The average molecular weight is 255 g/mol. The summed E-state index contributed by atoms with van der Waals surface area (Å²) >= 11 is 1.92. The van der Waals surface area contributed by atoms with Crippen LogP contribution in [0.15, 0.2) is 0 Å². The largest absolute Gasteiger partial charge is 0.368 e. The van der Waals surface area contributed by atoms with Crippen molar-refractivity contribution in [3.8, 4) is 0 Å². The Morgan fingerprint density at radius 2 is 2.29 bits per heavy atom. The first kappa shape index (κ1) is 11.3. The Kier molecular flexibility index (Phi) is 2.78. The van der Waals surface area contributed by atoms with Gasteiger partial charge in [0.2, 0.25) is 11.8 Å². The molecule has 3 aliphatic rings. The molecule has 0 aromatic heterocycles. The van der Waals surface area contributed by atoms with Crippen LogP contribution in [0, 0.1) is 0 Å². The molecule has 4 atom stereocenters. The van der Waals surface area contributed by atoms with Crippen molar-refractivity contribution >= 4 is 23.6 Å². The average Bonchev–Trinajstić information content (AvgIpc) is 2.90. The smallest absolute Gasteiger partial charge is 0.240 e. The standard InChI is InChI=1S/C11H17N3O2S/c12-10(15)9-2-1-6-5-17-7-3-8(13-4-7)11(16)14(6)9/h6-9,13H,1-5H2,(H2,12,15)/t6?,7-,8-,9+/m1/s1. The second-order valence-electron chi connectivity index (χ2n) is 5.05. The molecular weight excluding hydrogens is 238 g/mol. The van der Waals surface area contributed by atoms with Gasteiger partial charge >= 0.3 is 0 Å². The molecule has 0 aliphatic carbocycles. The van der Waals surface area contributed by atoms with E-state index in [0.29, 0.717) is 5.25 Å². The van der Waals surface area contributed by atoms with E-state index >= 15 is 0 Å². The van der Waals surface area contributed by atoms with Crippen molar-refractivity contribution in [1.29, 1.82) is 0 Å². The number of nitrogens with zero attached hydrogens (tertiary/aromatic N) is 1. The van der Waals surface area contributed by atoms with Gasteiger partial charge in [-0.05, 0) is 19.3 Å². The van der Waals surface area contributed by atoms with Gasteiger partial charge in [0.15, 0.2) is 0 Å². The SMILES string of the molecule is NC(=O)[C@@H]1CCC2CS[C@H]3CN[C@H](C3)C(=O)N21. The number of nitrogens with two attached hydrogens (primary N) is 1. The summed E-state index contributed by atoms with van der Waals surface area (Å²) in [6.07, 6.45) is 2.52. The van der Waals surface area contributed by atoms with E-state index in [1.807, 2.05) is 11.8 Å². The van der Waals surface area contributed by atoms with E-state index in [0.717, 1.165) is 31.6 Å². The minimum absolute atomic E-state index is 0.0825. The molecule has 2 bridgehead atoms. The Labute approximate surface area is 104 Å². The maximum atomic E-state index is 12.4. The van der Waals surface area contributed by atoms with Crippen LogP contribution >= 0.6 is 11.8 Å². The van der Waals surface area contributed by atoms with Gasteiger partial charge < -0.3 is 16.0 Å². The molecule has 3 fully saturated rings. The summed E-state index contributed by atoms with van der Waals surface area (Å²) in [5.74, 6) is 0.661. The van der Waals surface area contributed by atoms with Gasteiger partial charge in [0.05, 0.1) is 6.04 Å². The Balaban J connectivity index is 1.87. The van der Waals surface area contributed by atoms with Crippen LogP contribution in [0.3, 0.4) is 0 Å². The fourth-order valence-corrected chi connectivity index (χ4v) is 4.47. The summed E-state index contributed by atoms with van der Waals surface area (Å²) in [6, 6.07) is -0.280. The molecule has 1 unspecified atom stereocenters. The normalized spacial score (nSPS) is 40.9. The summed E-state index contributed by atoms with van der Waals surface area (Å²) in [6.45, 7) is 0.906. The highest BCUT2D eigenvalue weighted by atomic mass is 32.2.